The molecule has 6 heteroatoms. The van der Waals surface area contributed by atoms with Crippen molar-refractivity contribution in [3.63, 3.8) is 0 Å². The molecule has 0 spiro atoms. The summed E-state index contributed by atoms with van der Waals surface area (Å²) >= 11 is 5.82. The molecular formula is C12H15ClN2O3. The third kappa shape index (κ3) is 3.37. The zero-order valence-corrected chi connectivity index (χ0v) is 11.0. The smallest absolute Gasteiger partial charge is 0.325 e. The summed E-state index contributed by atoms with van der Waals surface area (Å²) in [6.07, 6.45) is 0. The van der Waals surface area contributed by atoms with Crippen molar-refractivity contribution in [2.24, 2.45) is 0 Å². The van der Waals surface area contributed by atoms with E-state index in [1.165, 1.54) is 18.1 Å². The van der Waals surface area contributed by atoms with E-state index in [1.54, 1.807) is 19.1 Å². The molecule has 0 aromatic heterocycles. The number of carbonyl (C=O) groups is 2. The third-order valence-electron chi connectivity index (χ3n) is 2.46. The van der Waals surface area contributed by atoms with Crippen molar-refractivity contribution in [2.45, 2.75) is 6.92 Å². The molecule has 0 radical (unpaired) electrons. The van der Waals surface area contributed by atoms with Gasteiger partial charge in [-0.2, -0.15) is 0 Å². The lowest BCUT2D eigenvalue weighted by Crippen LogP contribution is -2.36. The van der Waals surface area contributed by atoms with E-state index in [9.17, 15) is 9.59 Å². The highest BCUT2D eigenvalue weighted by atomic mass is 35.5. The Balaban J connectivity index is 2.96. The average Bonchev–Trinajstić information content (AvgIpc) is 2.37. The minimum Gasteiger partial charge on any atom is -0.468 e. The molecule has 0 aliphatic heterocycles. The van der Waals surface area contributed by atoms with Crippen molar-refractivity contribution in [1.82, 2.24) is 4.90 Å². The SMILES string of the molecule is CCN(CC(=O)OC)C(=O)c1cc(Cl)ccc1N. The van der Waals surface area contributed by atoms with E-state index in [0.717, 1.165) is 0 Å². The number of anilines is 1. The maximum absolute atomic E-state index is 12.2. The molecule has 0 aliphatic rings. The number of halogens is 1. The van der Waals surface area contributed by atoms with Crippen LogP contribution in [0.1, 0.15) is 17.3 Å². The van der Waals surface area contributed by atoms with Gasteiger partial charge in [0, 0.05) is 17.3 Å². The number of carbonyl (C=O) groups excluding carboxylic acids is 2. The molecule has 1 rings (SSSR count). The van der Waals surface area contributed by atoms with E-state index in [4.69, 9.17) is 17.3 Å². The second kappa shape index (κ2) is 6.26. The lowest BCUT2D eigenvalue weighted by molar-refractivity contribution is -0.141. The molecule has 0 saturated heterocycles. The van der Waals surface area contributed by atoms with E-state index < -0.39 is 5.97 Å². The van der Waals surface area contributed by atoms with Gasteiger partial charge in [-0.25, -0.2) is 0 Å². The largest absolute Gasteiger partial charge is 0.468 e. The fraction of sp³-hybridized carbons (Fsp3) is 0.333. The molecule has 1 aromatic carbocycles. The van der Waals surface area contributed by atoms with Crippen LogP contribution < -0.4 is 5.73 Å². The first-order valence-electron chi connectivity index (χ1n) is 5.40. The zero-order chi connectivity index (χ0) is 13.7. The standard InChI is InChI=1S/C12H15ClN2O3/c1-3-15(7-11(16)18-2)12(17)9-6-8(13)4-5-10(9)14/h4-6H,3,7,14H2,1-2H3. The Morgan fingerprint density at radius 1 is 1.44 bits per heavy atom. The Hall–Kier alpha value is -1.75. The van der Waals surface area contributed by atoms with Crippen LogP contribution in [0.15, 0.2) is 18.2 Å². The number of methoxy groups -OCH3 is 1. The first-order chi connectivity index (χ1) is 8.49. The van der Waals surface area contributed by atoms with Crippen molar-refractivity contribution < 1.29 is 14.3 Å². The highest BCUT2D eigenvalue weighted by Crippen LogP contribution is 2.19. The van der Waals surface area contributed by atoms with Gasteiger partial charge in [0.2, 0.25) is 0 Å². The van der Waals surface area contributed by atoms with Gasteiger partial charge < -0.3 is 15.4 Å². The van der Waals surface area contributed by atoms with Crippen LogP contribution in [0.5, 0.6) is 0 Å². The van der Waals surface area contributed by atoms with Crippen molar-refractivity contribution in [2.75, 3.05) is 25.9 Å². The fourth-order valence-electron chi connectivity index (χ4n) is 1.43. The number of nitrogens with two attached hydrogens (primary N) is 1. The van der Waals surface area contributed by atoms with Crippen molar-refractivity contribution >= 4 is 29.2 Å². The summed E-state index contributed by atoms with van der Waals surface area (Å²) in [5, 5.41) is 0.418. The van der Waals surface area contributed by atoms with Crippen molar-refractivity contribution in [1.29, 1.82) is 0 Å². The van der Waals surface area contributed by atoms with Gasteiger partial charge in [0.25, 0.3) is 5.91 Å². The maximum atomic E-state index is 12.2. The quantitative estimate of drug-likeness (QED) is 0.666. The van der Waals surface area contributed by atoms with Crippen LogP contribution in [-0.2, 0) is 9.53 Å². The van der Waals surface area contributed by atoms with Gasteiger partial charge in [-0.1, -0.05) is 11.6 Å². The minimum absolute atomic E-state index is 0.113. The number of rotatable bonds is 4. The molecule has 2 N–H and O–H groups in total. The van der Waals surface area contributed by atoms with Gasteiger partial charge in [0.05, 0.1) is 12.7 Å². The van der Waals surface area contributed by atoms with Gasteiger partial charge in [-0.3, -0.25) is 9.59 Å². The summed E-state index contributed by atoms with van der Waals surface area (Å²) in [7, 11) is 1.27. The Labute approximate surface area is 110 Å². The Bertz CT molecular complexity index is 463. The molecule has 0 atom stereocenters. The number of amides is 1. The maximum Gasteiger partial charge on any atom is 0.325 e. The van der Waals surface area contributed by atoms with Gasteiger partial charge in [0.1, 0.15) is 6.54 Å². The number of hydrogen-bond acceptors (Lipinski definition) is 4. The number of nitrogens with zero attached hydrogens (tertiary/aromatic N) is 1. The molecule has 0 aliphatic carbocycles. The van der Waals surface area contributed by atoms with Crippen LogP contribution in [0.2, 0.25) is 5.02 Å². The fourth-order valence-corrected chi connectivity index (χ4v) is 1.60. The Morgan fingerprint density at radius 3 is 2.67 bits per heavy atom. The van der Waals surface area contributed by atoms with Gasteiger partial charge in [-0.05, 0) is 25.1 Å². The summed E-state index contributed by atoms with van der Waals surface area (Å²) in [4.78, 5) is 24.7. The van der Waals surface area contributed by atoms with E-state index in [1.807, 2.05) is 0 Å². The van der Waals surface area contributed by atoms with E-state index in [0.29, 0.717) is 17.3 Å². The highest BCUT2D eigenvalue weighted by molar-refractivity contribution is 6.31. The molecule has 0 heterocycles. The summed E-state index contributed by atoms with van der Waals surface area (Å²) in [6.45, 7) is 2.03. The first kappa shape index (κ1) is 14.3. The van der Waals surface area contributed by atoms with Crippen LogP contribution in [0.4, 0.5) is 5.69 Å². The summed E-state index contributed by atoms with van der Waals surface area (Å²) in [5.41, 5.74) is 6.34. The Kier molecular flexibility index (Phi) is 4.97. The summed E-state index contributed by atoms with van der Waals surface area (Å²) < 4.78 is 4.53. The number of esters is 1. The third-order valence-corrected chi connectivity index (χ3v) is 2.70. The molecule has 1 amide bonds. The van der Waals surface area contributed by atoms with Crippen molar-refractivity contribution in [3.8, 4) is 0 Å². The van der Waals surface area contributed by atoms with E-state index in [2.05, 4.69) is 4.74 Å². The monoisotopic (exact) mass is 270 g/mol. The highest BCUT2D eigenvalue weighted by Gasteiger charge is 2.19. The van der Waals surface area contributed by atoms with Crippen LogP contribution >= 0.6 is 11.6 Å². The van der Waals surface area contributed by atoms with Crippen LogP contribution in [0, 0.1) is 0 Å². The normalized spacial score (nSPS) is 9.94. The van der Waals surface area contributed by atoms with E-state index in [-0.39, 0.29) is 18.0 Å². The zero-order valence-electron chi connectivity index (χ0n) is 10.3. The number of nitrogen functional groups attached to an aromatic ring is 1. The molecule has 18 heavy (non-hydrogen) atoms. The summed E-state index contributed by atoms with van der Waals surface area (Å²) in [6, 6.07) is 4.64. The minimum atomic E-state index is -0.481. The van der Waals surface area contributed by atoms with E-state index >= 15 is 0 Å². The predicted octanol–water partition coefficient (Wildman–Crippen LogP) is 1.56. The summed E-state index contributed by atoms with van der Waals surface area (Å²) in [5.74, 6) is -0.825. The number of hydrogen-bond donors (Lipinski definition) is 1. The molecule has 0 unspecified atom stereocenters. The number of benzene rings is 1. The van der Waals surface area contributed by atoms with Gasteiger partial charge in [-0.15, -0.1) is 0 Å². The molecular weight excluding hydrogens is 256 g/mol. The van der Waals surface area contributed by atoms with Crippen LogP contribution in [0.25, 0.3) is 0 Å². The predicted molar refractivity (Wildman–Crippen MR) is 69.5 cm³/mol. The van der Waals surface area contributed by atoms with Crippen molar-refractivity contribution in [3.05, 3.63) is 28.8 Å². The van der Waals surface area contributed by atoms with Crippen LogP contribution in [-0.4, -0.2) is 37.0 Å². The second-order valence-corrected chi connectivity index (χ2v) is 4.06. The first-order valence-corrected chi connectivity index (χ1v) is 5.78. The molecule has 0 fully saturated rings. The molecule has 1 aromatic rings. The molecule has 0 saturated carbocycles. The average molecular weight is 271 g/mol. The lowest BCUT2D eigenvalue weighted by Gasteiger charge is -2.20. The number of ether oxygens (including phenoxy) is 1. The Morgan fingerprint density at radius 2 is 2.11 bits per heavy atom. The van der Waals surface area contributed by atoms with Crippen LogP contribution in [0.3, 0.4) is 0 Å². The second-order valence-electron chi connectivity index (χ2n) is 3.63. The number of likely N-dealkylation sites (N-methyl/N-ethyl adjacent to an activating group) is 1. The molecule has 98 valence electrons. The molecule has 0 bridgehead atoms. The topological polar surface area (TPSA) is 72.6 Å². The van der Waals surface area contributed by atoms with Gasteiger partial charge >= 0.3 is 5.97 Å². The lowest BCUT2D eigenvalue weighted by atomic mass is 10.1. The molecule has 5 nitrogen and oxygen atoms in total. The van der Waals surface area contributed by atoms with Gasteiger partial charge in [0.15, 0.2) is 0 Å².